The first-order chi connectivity index (χ1) is 18.4. The van der Waals surface area contributed by atoms with Crippen LogP contribution in [0.25, 0.3) is 22.5 Å². The minimum atomic E-state index is -2.22. The maximum absolute atomic E-state index is 13.0. The zero-order valence-corrected chi connectivity index (χ0v) is 25.0. The van der Waals surface area contributed by atoms with Gasteiger partial charge in [-0.05, 0) is 41.1 Å². The number of ether oxygens (including phenoxy) is 1. The first kappa shape index (κ1) is 30.1. The van der Waals surface area contributed by atoms with E-state index >= 15 is 0 Å². The summed E-state index contributed by atoms with van der Waals surface area (Å²) in [4.78, 5) is 41.9. The summed E-state index contributed by atoms with van der Waals surface area (Å²) in [5.41, 5.74) is 4.76. The molecule has 8 heteroatoms. The smallest absolute Gasteiger partial charge is 0.373 e. The summed E-state index contributed by atoms with van der Waals surface area (Å²) < 4.78 is 11.8. The molecule has 1 heterocycles. The fourth-order valence-electron chi connectivity index (χ4n) is 5.42. The summed E-state index contributed by atoms with van der Waals surface area (Å²) in [6.07, 6.45) is 6.93. The van der Waals surface area contributed by atoms with E-state index in [1.807, 2.05) is 31.2 Å². The molecular formula is C31H39NO6Si. The van der Waals surface area contributed by atoms with Gasteiger partial charge in [-0.15, -0.1) is 0 Å². The van der Waals surface area contributed by atoms with Gasteiger partial charge < -0.3 is 14.5 Å². The molecule has 3 aliphatic rings. The van der Waals surface area contributed by atoms with Gasteiger partial charge in [0, 0.05) is 22.7 Å². The number of hydrogen-bond acceptors (Lipinski definition) is 7. The third-order valence-corrected chi connectivity index (χ3v) is 14.0. The van der Waals surface area contributed by atoms with Gasteiger partial charge in [-0.1, -0.05) is 83.5 Å². The van der Waals surface area contributed by atoms with Gasteiger partial charge in [0.1, 0.15) is 11.3 Å². The van der Waals surface area contributed by atoms with E-state index in [0.29, 0.717) is 17.2 Å². The van der Waals surface area contributed by atoms with Gasteiger partial charge in [0.2, 0.25) is 5.88 Å². The molecule has 0 radical (unpaired) electrons. The van der Waals surface area contributed by atoms with Crippen LogP contribution in [0.5, 0.6) is 0 Å². The number of fused-ring (bicyclic) bond motifs is 1. The van der Waals surface area contributed by atoms with Crippen molar-refractivity contribution >= 4 is 37.6 Å². The molecule has 1 N–H and O–H groups in total. The molecule has 0 aliphatic heterocycles. The highest BCUT2D eigenvalue weighted by molar-refractivity contribution is 6.94. The number of anilines is 1. The van der Waals surface area contributed by atoms with Gasteiger partial charge in [-0.3, -0.25) is 4.79 Å². The third kappa shape index (κ3) is 5.77. The minimum absolute atomic E-state index is 0.0130. The van der Waals surface area contributed by atoms with Crippen molar-refractivity contribution in [3.8, 4) is 22.5 Å². The first-order valence-corrected chi connectivity index (χ1v) is 16.4. The number of carbonyl (C=O) groups excluding carboxylic acids is 4. The molecule has 0 bridgehead atoms. The number of methoxy groups -OCH3 is 1. The lowest BCUT2D eigenvalue weighted by atomic mass is 9.95. The SMILES string of the molecule is COC(=O)c1c(NC2CCCCC2)oc(-c2c3cccccc-3c(C=O)c2[Si](C)(C)C(C)(C)C)c1C.O=C=O. The van der Waals surface area contributed by atoms with Crippen LogP contribution in [0.3, 0.4) is 0 Å². The minimum Gasteiger partial charge on any atom is -0.465 e. The number of carbonyl (C=O) groups is 2. The average molecular weight is 550 g/mol. The second kappa shape index (κ2) is 12.1. The van der Waals surface area contributed by atoms with E-state index in [1.165, 1.54) is 26.4 Å². The molecule has 1 fully saturated rings. The third-order valence-electron chi connectivity index (χ3n) is 8.44. The van der Waals surface area contributed by atoms with Crippen molar-refractivity contribution in [1.29, 1.82) is 0 Å². The Hall–Kier alpha value is -3.48. The van der Waals surface area contributed by atoms with Crippen molar-refractivity contribution in [2.24, 2.45) is 0 Å². The van der Waals surface area contributed by atoms with Crippen LogP contribution in [-0.4, -0.2) is 39.6 Å². The molecule has 0 aromatic carbocycles. The van der Waals surface area contributed by atoms with Crippen LogP contribution in [0.1, 0.15) is 79.2 Å². The number of hydrogen-bond donors (Lipinski definition) is 1. The second-order valence-corrected chi connectivity index (χ2v) is 17.0. The monoisotopic (exact) mass is 549 g/mol. The fraction of sp³-hybridized carbons (Fsp3) is 0.452. The Labute approximate surface area is 231 Å². The molecule has 1 aromatic rings. The largest absolute Gasteiger partial charge is 0.465 e. The fourth-order valence-corrected chi connectivity index (χ4v) is 7.91. The predicted octanol–water partition coefficient (Wildman–Crippen LogP) is 6.84. The Bertz CT molecular complexity index is 1340. The Balaban J connectivity index is 0.00000134. The molecule has 208 valence electrons. The molecule has 1 aromatic heterocycles. The van der Waals surface area contributed by atoms with E-state index in [2.05, 4.69) is 45.2 Å². The Morgan fingerprint density at radius 2 is 1.67 bits per heavy atom. The topological polar surface area (TPSA) is 103 Å². The molecule has 7 nitrogen and oxygen atoms in total. The van der Waals surface area contributed by atoms with Gasteiger partial charge in [-0.2, -0.15) is 9.59 Å². The van der Waals surface area contributed by atoms with Crippen LogP contribution >= 0.6 is 0 Å². The zero-order chi connectivity index (χ0) is 29.0. The predicted molar refractivity (Wildman–Crippen MR) is 155 cm³/mol. The Kier molecular flexibility index (Phi) is 9.36. The van der Waals surface area contributed by atoms with Crippen LogP contribution in [-0.2, 0) is 14.3 Å². The van der Waals surface area contributed by atoms with Gasteiger partial charge in [0.15, 0.2) is 6.29 Å². The lowest BCUT2D eigenvalue weighted by Gasteiger charge is -2.38. The van der Waals surface area contributed by atoms with Crippen LogP contribution in [0.4, 0.5) is 5.88 Å². The van der Waals surface area contributed by atoms with Crippen molar-refractivity contribution in [1.82, 2.24) is 0 Å². The van der Waals surface area contributed by atoms with E-state index in [-0.39, 0.29) is 17.2 Å². The lowest BCUT2D eigenvalue weighted by molar-refractivity contribution is -0.191. The summed E-state index contributed by atoms with van der Waals surface area (Å²) >= 11 is 0. The van der Waals surface area contributed by atoms with Crippen molar-refractivity contribution in [3.63, 3.8) is 0 Å². The molecule has 39 heavy (non-hydrogen) atoms. The van der Waals surface area contributed by atoms with E-state index in [1.54, 1.807) is 0 Å². The quantitative estimate of drug-likeness (QED) is 0.204. The van der Waals surface area contributed by atoms with Crippen molar-refractivity contribution in [2.75, 3.05) is 12.4 Å². The summed E-state index contributed by atoms with van der Waals surface area (Å²) in [5.74, 6) is 0.717. The molecule has 3 aliphatic carbocycles. The molecule has 0 unspecified atom stereocenters. The van der Waals surface area contributed by atoms with E-state index in [0.717, 1.165) is 52.1 Å². The van der Waals surface area contributed by atoms with Crippen LogP contribution in [0.2, 0.25) is 18.1 Å². The van der Waals surface area contributed by atoms with Crippen LogP contribution in [0.15, 0.2) is 34.7 Å². The Morgan fingerprint density at radius 1 is 1.08 bits per heavy atom. The molecule has 0 saturated heterocycles. The number of esters is 1. The molecular weight excluding hydrogens is 510 g/mol. The van der Waals surface area contributed by atoms with Crippen molar-refractivity contribution in [2.45, 2.75) is 84.0 Å². The highest BCUT2D eigenvalue weighted by Crippen LogP contribution is 2.47. The van der Waals surface area contributed by atoms with Crippen LogP contribution in [0, 0.1) is 6.92 Å². The first-order valence-electron chi connectivity index (χ1n) is 13.4. The van der Waals surface area contributed by atoms with Gasteiger partial charge in [0.25, 0.3) is 0 Å². The van der Waals surface area contributed by atoms with Crippen molar-refractivity contribution < 1.29 is 28.3 Å². The van der Waals surface area contributed by atoms with Gasteiger partial charge in [0.05, 0.1) is 15.2 Å². The maximum Gasteiger partial charge on any atom is 0.373 e. The van der Waals surface area contributed by atoms with Crippen LogP contribution < -0.4 is 10.5 Å². The lowest BCUT2D eigenvalue weighted by Crippen LogP contribution is -2.51. The average Bonchev–Trinajstić information content (AvgIpc) is 3.25. The molecule has 0 spiro atoms. The summed E-state index contributed by atoms with van der Waals surface area (Å²) in [6.45, 7) is 13.3. The van der Waals surface area contributed by atoms with E-state index in [9.17, 15) is 9.59 Å². The summed E-state index contributed by atoms with van der Waals surface area (Å²) in [5, 5.41) is 4.61. The highest BCUT2D eigenvalue weighted by Gasteiger charge is 2.44. The zero-order valence-electron chi connectivity index (χ0n) is 24.0. The number of nitrogens with one attached hydrogen (secondary N) is 1. The van der Waals surface area contributed by atoms with Crippen molar-refractivity contribution in [3.05, 3.63) is 47.0 Å². The Morgan fingerprint density at radius 3 is 2.21 bits per heavy atom. The second-order valence-electron chi connectivity index (χ2n) is 11.7. The van der Waals surface area contributed by atoms with Gasteiger partial charge in [-0.25, -0.2) is 4.79 Å². The maximum atomic E-state index is 13.0. The standard InChI is InChI=1S/C30H39NO4Si.CO2/c1-19-24(29(33)34-5)28(31-20-14-10-8-11-15-20)35-26(19)25-22-17-13-9-12-16-21(22)23(18-32)27(25)36(6,7)30(2,3)4;2-1-3/h9,12-13,16-18,20,31H,8,10-11,14-15H2,1-7H3;. The normalized spacial score (nSPS) is 14.2. The molecule has 4 rings (SSSR count). The van der Waals surface area contributed by atoms with E-state index < -0.39 is 14.0 Å². The summed E-state index contributed by atoms with van der Waals surface area (Å²) in [6, 6.07) is 10.3. The number of rotatable bonds is 6. The molecule has 1 saturated carbocycles. The number of furan rings is 1. The number of aldehydes is 1. The highest BCUT2D eigenvalue weighted by atomic mass is 28.3. The molecule has 0 atom stereocenters. The van der Waals surface area contributed by atoms with E-state index in [4.69, 9.17) is 18.7 Å². The summed E-state index contributed by atoms with van der Waals surface area (Å²) in [7, 11) is -0.815. The molecule has 0 amide bonds. The van der Waals surface area contributed by atoms with Gasteiger partial charge >= 0.3 is 12.1 Å².